The highest BCUT2D eigenvalue weighted by Gasteiger charge is 2.05. The Kier molecular flexibility index (Phi) is 1.53. The number of aromatic amines is 1. The fourth-order valence-electron chi connectivity index (χ4n) is 1.22. The molecule has 0 unspecified atom stereocenters. The van der Waals surface area contributed by atoms with Crippen LogP contribution < -0.4 is 10.2 Å². The largest absolute Gasteiger partial charge is 0.480 e. The number of fused-ring (bicyclic) bond motifs is 1. The lowest BCUT2D eigenvalue weighted by Gasteiger charge is -1.97. The molecule has 4 heteroatoms. The van der Waals surface area contributed by atoms with Crippen molar-refractivity contribution in [3.05, 3.63) is 18.2 Å². The highest BCUT2D eigenvalue weighted by Crippen LogP contribution is 2.18. The third-order valence-electron chi connectivity index (χ3n) is 1.78. The first-order chi connectivity index (χ1) is 5.83. The topological polar surface area (TPSA) is 37.9 Å². The van der Waals surface area contributed by atoms with E-state index >= 15 is 0 Å². The van der Waals surface area contributed by atoms with Gasteiger partial charge in [0.05, 0.1) is 18.0 Å². The van der Waals surface area contributed by atoms with E-state index in [1.807, 2.05) is 18.2 Å². The molecule has 2 radical (unpaired) electrons. The lowest BCUT2D eigenvalue weighted by Crippen LogP contribution is -2.02. The molecule has 0 saturated carbocycles. The van der Waals surface area contributed by atoms with Crippen molar-refractivity contribution in [1.29, 1.82) is 0 Å². The van der Waals surface area contributed by atoms with E-state index in [-0.39, 0.29) is 0 Å². The summed E-state index contributed by atoms with van der Waals surface area (Å²) in [5.74, 6) is 0.545. The molecule has 0 fully saturated rings. The first kappa shape index (κ1) is 7.22. The van der Waals surface area contributed by atoms with E-state index in [0.717, 1.165) is 10.9 Å². The fourth-order valence-corrected chi connectivity index (χ4v) is 1.22. The highest BCUT2D eigenvalue weighted by molar-refractivity contribution is 6.39. The molecule has 1 N–H and O–H groups in total. The van der Waals surface area contributed by atoms with Crippen LogP contribution in [0.1, 0.15) is 0 Å². The average molecular weight is 158 g/mol. The summed E-state index contributed by atoms with van der Waals surface area (Å²) in [7, 11) is 7.31. The molecule has 3 nitrogen and oxygen atoms in total. The van der Waals surface area contributed by atoms with Crippen molar-refractivity contribution >= 4 is 24.2 Å². The van der Waals surface area contributed by atoms with E-state index in [1.165, 1.54) is 0 Å². The molecular formula is C8H7BN2O. The van der Waals surface area contributed by atoms with Crippen molar-refractivity contribution in [3.63, 3.8) is 0 Å². The molecule has 2 aromatic rings. The van der Waals surface area contributed by atoms with Crippen LogP contribution in [-0.2, 0) is 0 Å². The quantitative estimate of drug-likeness (QED) is 0.608. The summed E-state index contributed by atoms with van der Waals surface area (Å²) >= 11 is 0. The molecule has 58 valence electrons. The molecule has 1 aromatic heterocycles. The Morgan fingerprint density at radius 3 is 3.08 bits per heavy atom. The summed E-state index contributed by atoms with van der Waals surface area (Å²) in [5.41, 5.74) is 1.57. The van der Waals surface area contributed by atoms with E-state index in [4.69, 9.17) is 12.6 Å². The minimum absolute atomic E-state index is 0.545. The van der Waals surface area contributed by atoms with Crippen LogP contribution in [0.2, 0.25) is 0 Å². The van der Waals surface area contributed by atoms with Gasteiger partial charge in [-0.2, -0.15) is 0 Å². The number of ether oxygens (including phenoxy) is 1. The van der Waals surface area contributed by atoms with Gasteiger partial charge in [0.25, 0.3) is 0 Å². The third kappa shape index (κ3) is 0.880. The Hall–Kier alpha value is -1.45. The second kappa shape index (κ2) is 2.55. The Bertz CT molecular complexity index is 410. The molecule has 1 aromatic carbocycles. The minimum Gasteiger partial charge on any atom is -0.480 e. The molecule has 1 heterocycles. The zero-order valence-electron chi connectivity index (χ0n) is 6.66. The predicted molar refractivity (Wildman–Crippen MR) is 48.0 cm³/mol. The summed E-state index contributed by atoms with van der Waals surface area (Å²) in [6, 6.07) is 5.59. The number of nitrogens with zero attached hydrogens (tertiary/aromatic N) is 1. The van der Waals surface area contributed by atoms with Gasteiger partial charge in [-0.3, -0.25) is 5.10 Å². The van der Waals surface area contributed by atoms with Crippen LogP contribution in [-0.4, -0.2) is 25.2 Å². The summed E-state index contributed by atoms with van der Waals surface area (Å²) < 4.78 is 5.03. The van der Waals surface area contributed by atoms with Gasteiger partial charge in [-0.1, -0.05) is 17.6 Å². The summed E-state index contributed by atoms with van der Waals surface area (Å²) in [6.07, 6.45) is 0. The van der Waals surface area contributed by atoms with Crippen LogP contribution in [0, 0.1) is 0 Å². The van der Waals surface area contributed by atoms with Crippen LogP contribution in [0.25, 0.3) is 10.9 Å². The third-order valence-corrected chi connectivity index (χ3v) is 1.78. The number of benzene rings is 1. The van der Waals surface area contributed by atoms with Crippen molar-refractivity contribution < 1.29 is 4.74 Å². The maximum atomic E-state index is 5.74. The number of H-pyrrole nitrogens is 1. The SMILES string of the molecule is [B]c1cccc2[nH]nc(OC)c12. The number of aromatic nitrogens is 2. The van der Waals surface area contributed by atoms with E-state index in [0.29, 0.717) is 11.3 Å². The normalized spacial score (nSPS) is 10.4. The molecule has 0 aliphatic heterocycles. The Morgan fingerprint density at radius 2 is 2.33 bits per heavy atom. The molecule has 12 heavy (non-hydrogen) atoms. The second-order valence-corrected chi connectivity index (χ2v) is 2.50. The number of rotatable bonds is 1. The van der Waals surface area contributed by atoms with E-state index in [2.05, 4.69) is 10.2 Å². The van der Waals surface area contributed by atoms with Crippen molar-refractivity contribution in [3.8, 4) is 5.88 Å². The Morgan fingerprint density at radius 1 is 1.50 bits per heavy atom. The average Bonchev–Trinajstić information content (AvgIpc) is 2.49. The zero-order valence-corrected chi connectivity index (χ0v) is 6.66. The summed E-state index contributed by atoms with van der Waals surface area (Å²) in [5, 5.41) is 7.62. The fraction of sp³-hybridized carbons (Fsp3) is 0.125. The van der Waals surface area contributed by atoms with Crippen LogP contribution in [0.3, 0.4) is 0 Å². The number of methoxy groups -OCH3 is 1. The van der Waals surface area contributed by atoms with Gasteiger partial charge in [-0.05, 0) is 6.07 Å². The second-order valence-electron chi connectivity index (χ2n) is 2.50. The molecule has 0 aliphatic rings. The van der Waals surface area contributed by atoms with E-state index in [1.54, 1.807) is 7.11 Å². The van der Waals surface area contributed by atoms with Crippen molar-refractivity contribution in [2.75, 3.05) is 7.11 Å². The van der Waals surface area contributed by atoms with Gasteiger partial charge in [-0.15, -0.1) is 5.10 Å². The summed E-state index contributed by atoms with van der Waals surface area (Å²) in [6.45, 7) is 0. The Labute approximate surface area is 71.1 Å². The van der Waals surface area contributed by atoms with Gasteiger partial charge >= 0.3 is 0 Å². The van der Waals surface area contributed by atoms with Gasteiger partial charge in [0.15, 0.2) is 0 Å². The molecule has 0 bridgehead atoms. The molecular weight excluding hydrogens is 151 g/mol. The lowest BCUT2D eigenvalue weighted by molar-refractivity contribution is 0.401. The van der Waals surface area contributed by atoms with Crippen LogP contribution in [0.4, 0.5) is 0 Å². The monoisotopic (exact) mass is 158 g/mol. The summed E-state index contributed by atoms with van der Waals surface area (Å²) in [4.78, 5) is 0. The predicted octanol–water partition coefficient (Wildman–Crippen LogP) is 0.365. The first-order valence-corrected chi connectivity index (χ1v) is 3.59. The highest BCUT2D eigenvalue weighted by atomic mass is 16.5. The van der Waals surface area contributed by atoms with Gasteiger partial charge < -0.3 is 4.74 Å². The molecule has 0 atom stereocenters. The maximum absolute atomic E-state index is 5.74. The molecule has 0 amide bonds. The number of nitrogens with one attached hydrogen (secondary N) is 1. The Balaban J connectivity index is 2.83. The van der Waals surface area contributed by atoms with E-state index < -0.39 is 0 Å². The smallest absolute Gasteiger partial charge is 0.239 e. The van der Waals surface area contributed by atoms with Crippen LogP contribution >= 0.6 is 0 Å². The molecule has 0 spiro atoms. The van der Waals surface area contributed by atoms with Crippen LogP contribution in [0.15, 0.2) is 18.2 Å². The van der Waals surface area contributed by atoms with Gasteiger partial charge in [-0.25, -0.2) is 0 Å². The van der Waals surface area contributed by atoms with Crippen molar-refractivity contribution in [1.82, 2.24) is 10.2 Å². The molecule has 2 rings (SSSR count). The standard InChI is InChI=1S/C8H7BN2O/c1-12-8-7-5(9)3-2-4-6(7)10-11-8/h2-4H,1H3,(H,10,11). The van der Waals surface area contributed by atoms with Crippen molar-refractivity contribution in [2.24, 2.45) is 0 Å². The lowest BCUT2D eigenvalue weighted by atomic mass is 9.93. The molecule has 0 aliphatic carbocycles. The number of hydrogen-bond acceptors (Lipinski definition) is 2. The minimum atomic E-state index is 0.545. The first-order valence-electron chi connectivity index (χ1n) is 3.59. The van der Waals surface area contributed by atoms with Gasteiger partial charge in [0, 0.05) is 0 Å². The van der Waals surface area contributed by atoms with E-state index in [9.17, 15) is 0 Å². The molecule has 0 saturated heterocycles. The maximum Gasteiger partial charge on any atom is 0.239 e. The van der Waals surface area contributed by atoms with Gasteiger partial charge in [0.1, 0.15) is 7.85 Å². The van der Waals surface area contributed by atoms with Crippen molar-refractivity contribution in [2.45, 2.75) is 0 Å². The van der Waals surface area contributed by atoms with Gasteiger partial charge in [0.2, 0.25) is 5.88 Å². The van der Waals surface area contributed by atoms with Crippen LogP contribution in [0.5, 0.6) is 5.88 Å². The number of hydrogen-bond donors (Lipinski definition) is 1. The zero-order chi connectivity index (χ0) is 8.55.